The van der Waals surface area contributed by atoms with Gasteiger partial charge in [0, 0.05) is 15.3 Å². The number of aromatic nitrogens is 3. The monoisotopic (exact) mass is 342 g/mol. The molecule has 0 unspecified atom stereocenters. The first-order valence-electron chi connectivity index (χ1n) is 5.89. The van der Waals surface area contributed by atoms with Crippen molar-refractivity contribution >= 4 is 39.4 Å². The van der Waals surface area contributed by atoms with Gasteiger partial charge in [0.15, 0.2) is 0 Å². The second-order valence-corrected chi connectivity index (χ2v) is 6.17. The van der Waals surface area contributed by atoms with Crippen molar-refractivity contribution in [3.8, 4) is 0 Å². The lowest BCUT2D eigenvalue weighted by Crippen LogP contribution is -2.25. The van der Waals surface area contributed by atoms with Gasteiger partial charge in [-0.05, 0) is 42.4 Å². The van der Waals surface area contributed by atoms with Crippen LogP contribution in [0.2, 0.25) is 0 Å². The molecule has 1 aliphatic carbocycles. The molecule has 2 N–H and O–H groups in total. The van der Waals surface area contributed by atoms with E-state index < -0.39 is 0 Å². The minimum absolute atomic E-state index is 0.197. The summed E-state index contributed by atoms with van der Waals surface area (Å²) in [5.41, 5.74) is 7.12. The molecule has 2 aromatic rings. The van der Waals surface area contributed by atoms with Crippen molar-refractivity contribution in [1.82, 2.24) is 14.5 Å². The van der Waals surface area contributed by atoms with Crippen molar-refractivity contribution in [1.29, 1.82) is 0 Å². The summed E-state index contributed by atoms with van der Waals surface area (Å²) in [5, 5.41) is 1.00. The molecule has 3 rings (SSSR count). The van der Waals surface area contributed by atoms with Crippen molar-refractivity contribution < 1.29 is 0 Å². The molecule has 90 valence electrons. The molecule has 2 aromatic heterocycles. The van der Waals surface area contributed by atoms with Gasteiger partial charge >= 0.3 is 0 Å². The minimum Gasteiger partial charge on any atom is -0.383 e. The summed E-state index contributed by atoms with van der Waals surface area (Å²) in [6, 6.07) is 0. The average Bonchev–Trinajstić information content (AvgIpc) is 2.86. The highest BCUT2D eigenvalue weighted by Gasteiger charge is 2.32. The van der Waals surface area contributed by atoms with E-state index in [-0.39, 0.29) is 5.54 Å². The quantitative estimate of drug-likeness (QED) is 0.811. The van der Waals surface area contributed by atoms with Crippen LogP contribution in [0.25, 0.3) is 11.0 Å². The molecule has 0 amide bonds. The van der Waals surface area contributed by atoms with Gasteiger partial charge in [0.05, 0.1) is 5.39 Å². The maximum absolute atomic E-state index is 5.94. The highest BCUT2D eigenvalue weighted by Crippen LogP contribution is 2.39. The topological polar surface area (TPSA) is 56.7 Å². The molecule has 0 bridgehead atoms. The highest BCUT2D eigenvalue weighted by atomic mass is 127. The molecular weight excluding hydrogens is 327 g/mol. The Morgan fingerprint density at radius 3 is 2.76 bits per heavy atom. The summed E-state index contributed by atoms with van der Waals surface area (Å²) in [4.78, 5) is 8.50. The van der Waals surface area contributed by atoms with Gasteiger partial charge < -0.3 is 10.3 Å². The van der Waals surface area contributed by atoms with Crippen LogP contribution in [0.15, 0.2) is 12.5 Å². The first-order chi connectivity index (χ1) is 8.12. The van der Waals surface area contributed by atoms with Crippen LogP contribution in [0.3, 0.4) is 0 Å². The third-order valence-electron chi connectivity index (χ3n) is 3.83. The molecule has 0 aromatic carbocycles. The first kappa shape index (κ1) is 11.3. The number of rotatable bonds is 1. The number of nitrogen functional groups attached to an aromatic ring is 1. The fourth-order valence-corrected chi connectivity index (χ4v) is 3.63. The number of nitrogens with zero attached hydrogens (tertiary/aromatic N) is 3. The Morgan fingerprint density at radius 1 is 1.35 bits per heavy atom. The lowest BCUT2D eigenvalue weighted by atomic mass is 10.0. The van der Waals surface area contributed by atoms with E-state index in [1.807, 2.05) is 0 Å². The van der Waals surface area contributed by atoms with Crippen LogP contribution in [0, 0.1) is 3.57 Å². The Kier molecular flexibility index (Phi) is 2.53. The average molecular weight is 342 g/mol. The fraction of sp³-hybridized carbons (Fsp3) is 0.500. The van der Waals surface area contributed by atoms with Crippen molar-refractivity contribution in [3.05, 3.63) is 16.1 Å². The van der Waals surface area contributed by atoms with Crippen molar-refractivity contribution in [2.45, 2.75) is 38.1 Å². The van der Waals surface area contributed by atoms with Gasteiger partial charge in [0.2, 0.25) is 0 Å². The van der Waals surface area contributed by atoms with Gasteiger partial charge in [-0.3, -0.25) is 0 Å². The zero-order valence-corrected chi connectivity index (χ0v) is 11.9. The van der Waals surface area contributed by atoms with E-state index >= 15 is 0 Å². The number of hydrogen-bond donors (Lipinski definition) is 1. The molecule has 1 aliphatic rings. The molecule has 0 aliphatic heterocycles. The second-order valence-electron chi connectivity index (χ2n) is 5.01. The third-order valence-corrected chi connectivity index (χ3v) is 4.65. The van der Waals surface area contributed by atoms with Crippen molar-refractivity contribution in [2.24, 2.45) is 0 Å². The fourth-order valence-electron chi connectivity index (χ4n) is 2.83. The Labute approximate surface area is 114 Å². The van der Waals surface area contributed by atoms with Crippen LogP contribution >= 0.6 is 22.6 Å². The lowest BCUT2D eigenvalue weighted by molar-refractivity contribution is 0.338. The summed E-state index contributed by atoms with van der Waals surface area (Å²) in [7, 11) is 0. The van der Waals surface area contributed by atoms with Gasteiger partial charge in [-0.15, -0.1) is 0 Å². The van der Waals surface area contributed by atoms with Gasteiger partial charge in [-0.2, -0.15) is 0 Å². The third kappa shape index (κ3) is 1.63. The molecule has 1 saturated carbocycles. The molecule has 0 spiro atoms. The number of halogens is 1. The molecule has 4 nitrogen and oxygen atoms in total. The SMILES string of the molecule is CC1(n2cc(I)c3c(N)ncnc32)CCCC1. The molecule has 0 atom stereocenters. The second kappa shape index (κ2) is 3.83. The van der Waals surface area contributed by atoms with E-state index in [1.54, 1.807) is 6.33 Å². The zero-order chi connectivity index (χ0) is 12.0. The van der Waals surface area contributed by atoms with Crippen LogP contribution < -0.4 is 5.73 Å². The molecule has 5 heteroatoms. The lowest BCUT2D eigenvalue weighted by Gasteiger charge is -2.26. The number of nitrogens with two attached hydrogens (primary N) is 1. The van der Waals surface area contributed by atoms with Gasteiger partial charge in [0.1, 0.15) is 17.8 Å². The Hall–Kier alpha value is -0.850. The summed E-state index contributed by atoms with van der Waals surface area (Å²) in [6.07, 6.45) is 8.76. The van der Waals surface area contributed by atoms with Crippen molar-refractivity contribution in [3.63, 3.8) is 0 Å². The summed E-state index contributed by atoms with van der Waals surface area (Å²) in [5.74, 6) is 0.583. The molecule has 0 saturated heterocycles. The smallest absolute Gasteiger partial charge is 0.147 e. The largest absolute Gasteiger partial charge is 0.383 e. The predicted molar refractivity (Wildman–Crippen MR) is 76.8 cm³/mol. The van der Waals surface area contributed by atoms with Gasteiger partial charge in [-0.25, -0.2) is 9.97 Å². The zero-order valence-electron chi connectivity index (χ0n) is 9.78. The van der Waals surface area contributed by atoms with Gasteiger partial charge in [-0.1, -0.05) is 12.8 Å². The van der Waals surface area contributed by atoms with Crippen LogP contribution in [-0.2, 0) is 5.54 Å². The van der Waals surface area contributed by atoms with E-state index in [1.165, 1.54) is 25.7 Å². The van der Waals surface area contributed by atoms with E-state index in [0.29, 0.717) is 5.82 Å². The number of fused-ring (bicyclic) bond motifs is 1. The number of anilines is 1. The summed E-state index contributed by atoms with van der Waals surface area (Å²) in [6.45, 7) is 2.31. The van der Waals surface area contributed by atoms with E-state index in [4.69, 9.17) is 5.73 Å². The maximum Gasteiger partial charge on any atom is 0.147 e. The number of hydrogen-bond acceptors (Lipinski definition) is 3. The Balaban J connectivity index is 2.28. The first-order valence-corrected chi connectivity index (χ1v) is 6.97. The standard InChI is InChI=1S/C12H15IN4/c1-12(4-2-3-5-12)17-6-8(13)9-10(14)15-7-16-11(9)17/h6-7H,2-5H2,1H3,(H2,14,15,16). The Morgan fingerprint density at radius 2 is 2.06 bits per heavy atom. The molecule has 2 heterocycles. The van der Waals surface area contributed by atoms with Gasteiger partial charge in [0.25, 0.3) is 0 Å². The molecule has 1 fully saturated rings. The maximum atomic E-state index is 5.94. The van der Waals surface area contributed by atoms with Crippen LogP contribution in [-0.4, -0.2) is 14.5 Å². The summed E-state index contributed by atoms with van der Waals surface area (Å²) >= 11 is 2.32. The Bertz CT molecular complexity index is 569. The van der Waals surface area contributed by atoms with Crippen LogP contribution in [0.4, 0.5) is 5.82 Å². The van der Waals surface area contributed by atoms with Crippen LogP contribution in [0.5, 0.6) is 0 Å². The van der Waals surface area contributed by atoms with E-state index in [0.717, 1.165) is 14.6 Å². The summed E-state index contributed by atoms with van der Waals surface area (Å²) < 4.78 is 3.44. The van der Waals surface area contributed by atoms with Crippen molar-refractivity contribution in [2.75, 3.05) is 5.73 Å². The van der Waals surface area contributed by atoms with E-state index in [9.17, 15) is 0 Å². The molecule has 17 heavy (non-hydrogen) atoms. The normalized spacial score (nSPS) is 18.9. The van der Waals surface area contributed by atoms with Crippen LogP contribution in [0.1, 0.15) is 32.6 Å². The van der Waals surface area contributed by atoms with E-state index in [2.05, 4.69) is 50.2 Å². The highest BCUT2D eigenvalue weighted by molar-refractivity contribution is 14.1. The molecular formula is C12H15IN4. The predicted octanol–water partition coefficient (Wildman–Crippen LogP) is 2.91. The minimum atomic E-state index is 0.197. The molecule has 0 radical (unpaired) electrons.